The van der Waals surface area contributed by atoms with Gasteiger partial charge in [0, 0.05) is 55.1 Å². The first-order valence-corrected chi connectivity index (χ1v) is 12.8. The van der Waals surface area contributed by atoms with Crippen LogP contribution in [0.15, 0.2) is 30.3 Å². The Morgan fingerprint density at radius 1 is 1.15 bits per heavy atom. The van der Waals surface area contributed by atoms with Crippen molar-refractivity contribution in [3.8, 4) is 0 Å². The van der Waals surface area contributed by atoms with Gasteiger partial charge in [-0.1, -0.05) is 29.8 Å². The van der Waals surface area contributed by atoms with Crippen LogP contribution >= 0.6 is 11.6 Å². The lowest BCUT2D eigenvalue weighted by Crippen LogP contribution is -2.48. The lowest BCUT2D eigenvalue weighted by atomic mass is 9.95. The normalized spacial score (nSPS) is 22.6. The predicted molar refractivity (Wildman–Crippen MR) is 137 cm³/mol. The fourth-order valence-electron chi connectivity index (χ4n) is 5.29. The molecule has 2 fully saturated rings. The van der Waals surface area contributed by atoms with Gasteiger partial charge in [0.05, 0.1) is 24.4 Å². The molecule has 1 amide bonds. The number of aromatic nitrogens is 2. The Kier molecular flexibility index (Phi) is 8.12. The molecule has 2 aromatic rings. The first-order valence-electron chi connectivity index (χ1n) is 12.4. The molecule has 2 atom stereocenters. The Labute approximate surface area is 208 Å². The summed E-state index contributed by atoms with van der Waals surface area (Å²) in [6.07, 6.45) is 6.36. The second-order valence-corrected chi connectivity index (χ2v) is 10.3. The molecule has 4 rings (SSSR count). The Morgan fingerprint density at radius 3 is 2.50 bits per heavy atom. The van der Waals surface area contributed by atoms with Crippen LogP contribution in [0.4, 0.5) is 0 Å². The molecular weight excluding hydrogens is 448 g/mol. The number of rotatable bonds is 6. The number of amides is 1. The second kappa shape index (κ2) is 11.1. The highest BCUT2D eigenvalue weighted by Gasteiger charge is 2.27. The molecule has 2 aliphatic rings. The zero-order chi connectivity index (χ0) is 24.2. The summed E-state index contributed by atoms with van der Waals surface area (Å²) in [5.74, 6) is 0.739. The Balaban J connectivity index is 1.31. The molecule has 7 heteroatoms. The van der Waals surface area contributed by atoms with E-state index in [9.17, 15) is 4.79 Å². The molecule has 0 spiro atoms. The number of benzene rings is 1. The van der Waals surface area contributed by atoms with Crippen molar-refractivity contribution in [2.45, 2.75) is 59.3 Å². The van der Waals surface area contributed by atoms with Gasteiger partial charge in [0.2, 0.25) is 5.91 Å². The molecule has 0 radical (unpaired) electrons. The van der Waals surface area contributed by atoms with Crippen molar-refractivity contribution in [3.63, 3.8) is 0 Å². The summed E-state index contributed by atoms with van der Waals surface area (Å²) in [5.41, 5.74) is 3.99. The van der Waals surface area contributed by atoms with Crippen LogP contribution < -0.4 is 0 Å². The molecule has 184 valence electrons. The third-order valence-electron chi connectivity index (χ3n) is 7.05. The number of ether oxygens (including phenoxy) is 1. The molecule has 0 aliphatic carbocycles. The van der Waals surface area contributed by atoms with E-state index in [0.717, 1.165) is 73.1 Å². The SMILES string of the molecule is Cc1nn(Cc2ccccc2Cl)c(C)c1/C=C/C(=O)N1CCC(CN2CC(C)OC(C)C2)CC1. The van der Waals surface area contributed by atoms with Gasteiger partial charge in [0.15, 0.2) is 0 Å². The maximum atomic E-state index is 12.9. The zero-order valence-electron chi connectivity index (χ0n) is 20.8. The summed E-state index contributed by atoms with van der Waals surface area (Å²) in [6, 6.07) is 7.83. The maximum absolute atomic E-state index is 12.9. The molecule has 0 saturated carbocycles. The van der Waals surface area contributed by atoms with Gasteiger partial charge in [-0.05, 0) is 64.2 Å². The van der Waals surface area contributed by atoms with Crippen LogP contribution in [0.2, 0.25) is 5.02 Å². The molecule has 1 aromatic carbocycles. The number of carbonyl (C=O) groups is 1. The van der Waals surface area contributed by atoms with Crippen molar-refractivity contribution in [2.75, 3.05) is 32.7 Å². The average Bonchev–Trinajstić information content (AvgIpc) is 3.05. The van der Waals surface area contributed by atoms with Crippen molar-refractivity contribution < 1.29 is 9.53 Å². The molecule has 2 unspecified atom stereocenters. The summed E-state index contributed by atoms with van der Waals surface area (Å²) >= 11 is 6.33. The van der Waals surface area contributed by atoms with Crippen LogP contribution in [-0.2, 0) is 16.1 Å². The Hall–Kier alpha value is -2.15. The highest BCUT2D eigenvalue weighted by atomic mass is 35.5. The standard InChI is InChI=1S/C27H37ClN4O2/c1-19-15-30(16-20(2)34-19)17-23-11-13-31(14-12-23)27(33)10-9-25-21(3)29-32(22(25)4)18-24-7-5-6-8-26(24)28/h5-10,19-20,23H,11-18H2,1-4H3/b10-9+. The zero-order valence-corrected chi connectivity index (χ0v) is 21.6. The molecular formula is C27H37ClN4O2. The van der Waals surface area contributed by atoms with Crippen LogP contribution in [0.1, 0.15) is 49.2 Å². The Bertz CT molecular complexity index is 1020. The van der Waals surface area contributed by atoms with Gasteiger partial charge in [-0.25, -0.2) is 0 Å². The van der Waals surface area contributed by atoms with Gasteiger partial charge < -0.3 is 9.64 Å². The third-order valence-corrected chi connectivity index (χ3v) is 7.41. The van der Waals surface area contributed by atoms with Crippen molar-refractivity contribution in [1.29, 1.82) is 0 Å². The van der Waals surface area contributed by atoms with E-state index in [0.29, 0.717) is 24.7 Å². The van der Waals surface area contributed by atoms with Gasteiger partial charge in [-0.2, -0.15) is 5.10 Å². The fraction of sp³-hybridized carbons (Fsp3) is 0.556. The van der Waals surface area contributed by atoms with Crippen molar-refractivity contribution >= 4 is 23.6 Å². The lowest BCUT2D eigenvalue weighted by molar-refractivity contribution is -0.127. The average molecular weight is 485 g/mol. The second-order valence-electron chi connectivity index (χ2n) is 9.91. The minimum absolute atomic E-state index is 0.0877. The topological polar surface area (TPSA) is 50.6 Å². The van der Waals surface area contributed by atoms with E-state index >= 15 is 0 Å². The number of carbonyl (C=O) groups excluding carboxylic acids is 1. The van der Waals surface area contributed by atoms with E-state index in [2.05, 4.69) is 23.8 Å². The number of morpholine rings is 1. The van der Waals surface area contributed by atoms with E-state index in [1.165, 1.54) is 0 Å². The summed E-state index contributed by atoms with van der Waals surface area (Å²) in [7, 11) is 0. The summed E-state index contributed by atoms with van der Waals surface area (Å²) in [6.45, 7) is 13.7. The first kappa shape index (κ1) is 25.0. The molecule has 34 heavy (non-hydrogen) atoms. The molecule has 3 heterocycles. The van der Waals surface area contributed by atoms with Crippen molar-refractivity contribution in [2.24, 2.45) is 5.92 Å². The summed E-state index contributed by atoms with van der Waals surface area (Å²) in [4.78, 5) is 17.4. The summed E-state index contributed by atoms with van der Waals surface area (Å²) < 4.78 is 7.81. The molecule has 2 aliphatic heterocycles. The van der Waals surface area contributed by atoms with Gasteiger partial charge >= 0.3 is 0 Å². The maximum Gasteiger partial charge on any atom is 0.246 e. The summed E-state index contributed by atoms with van der Waals surface area (Å²) in [5, 5.41) is 5.42. The molecule has 2 saturated heterocycles. The quantitative estimate of drug-likeness (QED) is 0.564. The number of aryl methyl sites for hydroxylation is 1. The predicted octanol–water partition coefficient (Wildman–Crippen LogP) is 4.56. The van der Waals surface area contributed by atoms with Crippen LogP contribution in [0, 0.1) is 19.8 Å². The number of likely N-dealkylation sites (tertiary alicyclic amines) is 1. The highest BCUT2D eigenvalue weighted by Crippen LogP contribution is 2.23. The van der Waals surface area contributed by atoms with E-state index < -0.39 is 0 Å². The van der Waals surface area contributed by atoms with E-state index in [4.69, 9.17) is 16.3 Å². The minimum Gasteiger partial charge on any atom is -0.373 e. The number of halogens is 1. The van der Waals surface area contributed by atoms with Crippen LogP contribution in [0.3, 0.4) is 0 Å². The van der Waals surface area contributed by atoms with Gasteiger partial charge in [0.25, 0.3) is 0 Å². The third kappa shape index (κ3) is 6.09. The monoisotopic (exact) mass is 484 g/mol. The number of nitrogens with zero attached hydrogens (tertiary/aromatic N) is 4. The van der Waals surface area contributed by atoms with Gasteiger partial charge in [0.1, 0.15) is 0 Å². The van der Waals surface area contributed by atoms with Crippen molar-refractivity contribution in [3.05, 3.63) is 57.9 Å². The largest absolute Gasteiger partial charge is 0.373 e. The minimum atomic E-state index is 0.0877. The van der Waals surface area contributed by atoms with Crippen LogP contribution in [-0.4, -0.2) is 70.4 Å². The number of hydrogen-bond acceptors (Lipinski definition) is 4. The lowest BCUT2D eigenvalue weighted by Gasteiger charge is -2.39. The molecule has 1 aromatic heterocycles. The molecule has 6 nitrogen and oxygen atoms in total. The number of hydrogen-bond donors (Lipinski definition) is 0. The smallest absolute Gasteiger partial charge is 0.246 e. The Morgan fingerprint density at radius 2 is 1.82 bits per heavy atom. The van der Waals surface area contributed by atoms with E-state index in [1.54, 1.807) is 6.08 Å². The number of piperidine rings is 1. The van der Waals surface area contributed by atoms with Gasteiger partial charge in [-0.15, -0.1) is 0 Å². The van der Waals surface area contributed by atoms with Gasteiger partial charge in [-0.3, -0.25) is 14.4 Å². The van der Waals surface area contributed by atoms with Crippen LogP contribution in [0.5, 0.6) is 0 Å². The first-order chi connectivity index (χ1) is 16.3. The molecule has 0 N–H and O–H groups in total. The van der Waals surface area contributed by atoms with E-state index in [-0.39, 0.29) is 5.91 Å². The highest BCUT2D eigenvalue weighted by molar-refractivity contribution is 6.31. The van der Waals surface area contributed by atoms with Crippen molar-refractivity contribution in [1.82, 2.24) is 19.6 Å². The van der Waals surface area contributed by atoms with Crippen LogP contribution in [0.25, 0.3) is 6.08 Å². The van der Waals surface area contributed by atoms with E-state index in [1.807, 2.05) is 53.8 Å². The molecule has 0 bridgehead atoms. The fourth-order valence-corrected chi connectivity index (χ4v) is 5.48.